The Morgan fingerprint density at radius 3 is 2.43 bits per heavy atom. The van der Waals surface area contributed by atoms with Crippen LogP contribution in [0.3, 0.4) is 0 Å². The van der Waals surface area contributed by atoms with Crippen LogP contribution in [0, 0.1) is 0 Å². The largest absolute Gasteiger partial charge is 0.464 e. The van der Waals surface area contributed by atoms with Crippen LogP contribution in [0.25, 0.3) is 11.0 Å². The van der Waals surface area contributed by atoms with Crippen LogP contribution in [0.15, 0.2) is 27.5 Å². The number of carbonyl (C=O) groups is 1. The number of furan rings is 1. The fraction of sp³-hybridized carbons (Fsp3) is 0.526. The summed E-state index contributed by atoms with van der Waals surface area (Å²) in [5.41, 5.74) is 2.94. The highest BCUT2D eigenvalue weighted by molar-refractivity contribution is 7.89. The van der Waals surface area contributed by atoms with E-state index in [4.69, 9.17) is 19.5 Å². The number of nitrogens with one attached hydrogen (secondary N) is 2. The van der Waals surface area contributed by atoms with Gasteiger partial charge in [-0.1, -0.05) is 19.3 Å². The lowest BCUT2D eigenvalue weighted by Crippen LogP contribution is -2.32. The fourth-order valence-corrected chi connectivity index (χ4v) is 5.24. The van der Waals surface area contributed by atoms with Crippen molar-refractivity contribution in [2.45, 2.75) is 68.7 Å². The lowest BCUT2D eigenvalue weighted by molar-refractivity contribution is 0.122. The van der Waals surface area contributed by atoms with Gasteiger partial charge in [0.25, 0.3) is 0 Å². The summed E-state index contributed by atoms with van der Waals surface area (Å²) in [7, 11) is -3.45. The normalized spacial score (nSPS) is 17.5. The van der Waals surface area contributed by atoms with E-state index in [1.165, 1.54) is 18.4 Å². The van der Waals surface area contributed by atoms with Crippen molar-refractivity contribution in [1.82, 2.24) is 10.2 Å². The Bertz CT molecular complexity index is 931. The molecule has 1 saturated carbocycles. The first kappa shape index (κ1) is 20.6. The summed E-state index contributed by atoms with van der Waals surface area (Å²) in [6.07, 6.45) is 8.24. The average Bonchev–Trinajstić information content (AvgIpc) is 3.22. The summed E-state index contributed by atoms with van der Waals surface area (Å²) in [5.74, 6) is 1.05. The van der Waals surface area contributed by atoms with Crippen LogP contribution in [-0.2, 0) is 22.9 Å². The SMILES string of the molecule is O=C(O)NO.O=S(=O)(NC1CCCC1)c1ccc2c3c(oc2c1)CCCCC3. The maximum absolute atomic E-state index is 12.6. The Labute approximate surface area is 163 Å². The molecule has 0 unspecified atom stereocenters. The Hall–Kier alpha value is -2.10. The second kappa shape index (κ2) is 8.93. The molecule has 154 valence electrons. The van der Waals surface area contributed by atoms with Gasteiger partial charge in [-0.25, -0.2) is 23.4 Å². The molecule has 0 spiro atoms. The zero-order valence-electron chi connectivity index (χ0n) is 15.6. The van der Waals surface area contributed by atoms with Gasteiger partial charge in [-0.2, -0.15) is 0 Å². The van der Waals surface area contributed by atoms with Crippen molar-refractivity contribution in [3.8, 4) is 0 Å². The molecule has 1 aromatic heterocycles. The third kappa shape index (κ3) is 4.84. The van der Waals surface area contributed by atoms with Gasteiger partial charge in [0.1, 0.15) is 11.3 Å². The van der Waals surface area contributed by atoms with Crippen molar-refractivity contribution in [3.63, 3.8) is 0 Å². The van der Waals surface area contributed by atoms with Gasteiger partial charge in [0.15, 0.2) is 0 Å². The Balaban J connectivity index is 0.000000403. The summed E-state index contributed by atoms with van der Waals surface area (Å²) >= 11 is 0. The van der Waals surface area contributed by atoms with Gasteiger partial charge in [0.2, 0.25) is 10.0 Å². The standard InChI is InChI=1S/C18H23NO3S.CH3NO3/c20-23(21,19-13-6-4-5-7-13)14-10-11-16-15-8-2-1-3-9-17(15)22-18(16)12-14;3-1(4)2-5/h10-13,19H,1-9H2;2,5H,(H,3,4). The molecule has 0 bridgehead atoms. The number of benzene rings is 1. The topological polar surface area (TPSA) is 129 Å². The lowest BCUT2D eigenvalue weighted by Gasteiger charge is -2.12. The van der Waals surface area contributed by atoms with Gasteiger partial charge in [0.05, 0.1) is 4.90 Å². The van der Waals surface area contributed by atoms with Gasteiger partial charge in [-0.05, 0) is 44.2 Å². The van der Waals surface area contributed by atoms with E-state index < -0.39 is 16.1 Å². The van der Waals surface area contributed by atoms with Crippen LogP contribution in [0.4, 0.5) is 4.79 Å². The highest BCUT2D eigenvalue weighted by Gasteiger charge is 2.24. The van der Waals surface area contributed by atoms with Crippen LogP contribution in [0.5, 0.6) is 0 Å². The van der Waals surface area contributed by atoms with E-state index in [9.17, 15) is 8.42 Å². The first-order valence-electron chi connectivity index (χ1n) is 9.60. The lowest BCUT2D eigenvalue weighted by atomic mass is 10.1. The molecule has 1 aromatic carbocycles. The molecule has 2 aliphatic carbocycles. The Morgan fingerprint density at radius 1 is 1.07 bits per heavy atom. The fourth-order valence-electron chi connectivity index (χ4n) is 3.92. The van der Waals surface area contributed by atoms with Gasteiger partial charge >= 0.3 is 6.09 Å². The van der Waals surface area contributed by atoms with E-state index >= 15 is 0 Å². The van der Waals surface area contributed by atoms with Crippen LogP contribution < -0.4 is 10.2 Å². The van der Waals surface area contributed by atoms with Crippen molar-refractivity contribution in [1.29, 1.82) is 0 Å². The molecule has 1 heterocycles. The minimum atomic E-state index is -3.45. The highest BCUT2D eigenvalue weighted by atomic mass is 32.2. The molecule has 1 fully saturated rings. The Morgan fingerprint density at radius 2 is 1.75 bits per heavy atom. The Kier molecular flexibility index (Phi) is 6.58. The number of hydrogen-bond acceptors (Lipinski definition) is 5. The maximum atomic E-state index is 12.6. The maximum Gasteiger partial charge on any atom is 0.428 e. The van der Waals surface area contributed by atoms with Crippen molar-refractivity contribution < 1.29 is 27.9 Å². The summed E-state index contributed by atoms with van der Waals surface area (Å²) in [6.45, 7) is 0. The van der Waals surface area contributed by atoms with Crippen molar-refractivity contribution in [2.24, 2.45) is 0 Å². The van der Waals surface area contributed by atoms with E-state index in [1.807, 2.05) is 6.07 Å². The minimum absolute atomic E-state index is 0.0871. The predicted octanol–water partition coefficient (Wildman–Crippen LogP) is 3.57. The molecular formula is C19H26N2O6S. The zero-order chi connectivity index (χ0) is 20.1. The van der Waals surface area contributed by atoms with Crippen LogP contribution in [-0.4, -0.2) is 30.9 Å². The molecule has 1 amide bonds. The molecule has 9 heteroatoms. The summed E-state index contributed by atoms with van der Waals surface area (Å²) in [5, 5.41) is 15.7. The number of carboxylic acid groups (broad SMARTS) is 1. The number of hydrogen-bond donors (Lipinski definition) is 4. The van der Waals surface area contributed by atoms with Crippen LogP contribution in [0.1, 0.15) is 56.3 Å². The molecule has 0 aliphatic heterocycles. The zero-order valence-corrected chi connectivity index (χ0v) is 16.4. The molecule has 2 aliphatic rings. The van der Waals surface area contributed by atoms with Crippen molar-refractivity contribution in [3.05, 3.63) is 29.5 Å². The molecule has 0 saturated heterocycles. The smallest absolute Gasteiger partial charge is 0.428 e. The monoisotopic (exact) mass is 410 g/mol. The average molecular weight is 410 g/mol. The van der Waals surface area contributed by atoms with E-state index in [0.717, 1.165) is 61.6 Å². The van der Waals surface area contributed by atoms with Gasteiger partial charge < -0.3 is 9.52 Å². The second-order valence-electron chi connectivity index (χ2n) is 7.24. The van der Waals surface area contributed by atoms with Crippen LogP contribution in [0.2, 0.25) is 0 Å². The third-order valence-corrected chi connectivity index (χ3v) is 6.78. The van der Waals surface area contributed by atoms with E-state index in [-0.39, 0.29) is 6.04 Å². The molecule has 4 N–H and O–H groups in total. The summed E-state index contributed by atoms with van der Waals surface area (Å²) in [4.78, 5) is 9.33. The summed E-state index contributed by atoms with van der Waals surface area (Å²) < 4.78 is 34.0. The third-order valence-electron chi connectivity index (χ3n) is 5.26. The van der Waals surface area contributed by atoms with E-state index in [0.29, 0.717) is 10.5 Å². The first-order valence-corrected chi connectivity index (χ1v) is 11.1. The van der Waals surface area contributed by atoms with Gasteiger partial charge in [-0.15, -0.1) is 0 Å². The van der Waals surface area contributed by atoms with E-state index in [2.05, 4.69) is 4.72 Å². The van der Waals surface area contributed by atoms with Gasteiger partial charge in [0, 0.05) is 29.5 Å². The van der Waals surface area contributed by atoms with Crippen LogP contribution >= 0.6 is 0 Å². The number of fused-ring (bicyclic) bond motifs is 3. The second-order valence-corrected chi connectivity index (χ2v) is 8.96. The molecule has 28 heavy (non-hydrogen) atoms. The number of amides is 1. The quantitative estimate of drug-likeness (QED) is 0.348. The summed E-state index contributed by atoms with van der Waals surface area (Å²) in [6, 6.07) is 5.43. The molecule has 8 nitrogen and oxygen atoms in total. The molecule has 2 aromatic rings. The highest BCUT2D eigenvalue weighted by Crippen LogP contribution is 2.32. The molecular weight excluding hydrogens is 384 g/mol. The molecule has 0 radical (unpaired) electrons. The number of aryl methyl sites for hydroxylation is 2. The van der Waals surface area contributed by atoms with Gasteiger partial charge in [-0.3, -0.25) is 5.21 Å². The van der Waals surface area contributed by atoms with Crippen molar-refractivity contribution in [2.75, 3.05) is 0 Å². The first-order chi connectivity index (χ1) is 13.4. The predicted molar refractivity (Wildman–Crippen MR) is 103 cm³/mol. The molecule has 0 atom stereocenters. The number of rotatable bonds is 3. The number of hydroxylamine groups is 1. The molecule has 4 rings (SSSR count). The minimum Gasteiger partial charge on any atom is -0.464 e. The number of sulfonamides is 1. The van der Waals surface area contributed by atoms with E-state index in [1.54, 1.807) is 12.1 Å². The van der Waals surface area contributed by atoms with Crippen molar-refractivity contribution >= 4 is 27.1 Å².